The maximum absolute atomic E-state index is 12.8. The van der Waals surface area contributed by atoms with Gasteiger partial charge < -0.3 is 10.1 Å². The summed E-state index contributed by atoms with van der Waals surface area (Å²) >= 11 is 0. The van der Waals surface area contributed by atoms with Crippen LogP contribution in [0.1, 0.15) is 19.4 Å². The van der Waals surface area contributed by atoms with Crippen molar-refractivity contribution in [2.45, 2.75) is 25.8 Å². The van der Waals surface area contributed by atoms with Gasteiger partial charge in [0.15, 0.2) is 0 Å². The minimum Gasteiger partial charge on any atom is -0.497 e. The summed E-state index contributed by atoms with van der Waals surface area (Å²) in [4.78, 5) is 25.2. The SMILES string of the molecule is COc1ccc(CCNC(=O)C(C)(C)n2nc(-c3ccccc3)ccc2=O)cc1. The predicted molar refractivity (Wildman–Crippen MR) is 113 cm³/mol. The van der Waals surface area contributed by atoms with Crippen molar-refractivity contribution < 1.29 is 9.53 Å². The van der Waals surface area contributed by atoms with Crippen molar-refractivity contribution in [3.63, 3.8) is 0 Å². The van der Waals surface area contributed by atoms with E-state index in [0.717, 1.165) is 16.9 Å². The van der Waals surface area contributed by atoms with E-state index in [2.05, 4.69) is 10.4 Å². The molecule has 29 heavy (non-hydrogen) atoms. The topological polar surface area (TPSA) is 73.2 Å². The summed E-state index contributed by atoms with van der Waals surface area (Å²) in [5.41, 5.74) is 1.17. The molecule has 0 unspecified atom stereocenters. The normalized spacial score (nSPS) is 11.1. The number of ether oxygens (including phenoxy) is 1. The number of amides is 1. The van der Waals surface area contributed by atoms with Gasteiger partial charge in [0.05, 0.1) is 12.8 Å². The van der Waals surface area contributed by atoms with Gasteiger partial charge in [0.25, 0.3) is 5.56 Å². The van der Waals surface area contributed by atoms with Crippen LogP contribution >= 0.6 is 0 Å². The Kier molecular flexibility index (Phi) is 6.12. The highest BCUT2D eigenvalue weighted by Gasteiger charge is 2.31. The summed E-state index contributed by atoms with van der Waals surface area (Å²) in [6, 6.07) is 20.4. The van der Waals surface area contributed by atoms with Crippen molar-refractivity contribution in [1.29, 1.82) is 0 Å². The summed E-state index contributed by atoms with van der Waals surface area (Å²) in [7, 11) is 1.63. The fraction of sp³-hybridized carbons (Fsp3) is 0.261. The van der Waals surface area contributed by atoms with Gasteiger partial charge in [0.2, 0.25) is 5.91 Å². The summed E-state index contributed by atoms with van der Waals surface area (Å²) in [5.74, 6) is 0.536. The van der Waals surface area contributed by atoms with Gasteiger partial charge in [-0.05, 0) is 44.0 Å². The minimum absolute atomic E-state index is 0.258. The van der Waals surface area contributed by atoms with Crippen LogP contribution in [-0.4, -0.2) is 29.3 Å². The Bertz CT molecular complexity index is 1030. The van der Waals surface area contributed by atoms with Gasteiger partial charge >= 0.3 is 0 Å². The lowest BCUT2D eigenvalue weighted by atomic mass is 10.0. The minimum atomic E-state index is -1.12. The summed E-state index contributed by atoms with van der Waals surface area (Å²) < 4.78 is 6.40. The van der Waals surface area contributed by atoms with E-state index in [1.807, 2.05) is 54.6 Å². The lowest BCUT2D eigenvalue weighted by molar-refractivity contribution is -0.128. The molecule has 150 valence electrons. The lowest BCUT2D eigenvalue weighted by Crippen LogP contribution is -2.50. The number of carbonyl (C=O) groups excluding carboxylic acids is 1. The molecule has 0 saturated carbocycles. The standard InChI is InChI=1S/C23H25N3O3/c1-23(2,22(28)24-16-15-17-9-11-19(29-3)12-10-17)26-21(27)14-13-20(25-26)18-7-5-4-6-8-18/h4-14H,15-16H2,1-3H3,(H,24,28). The maximum Gasteiger partial charge on any atom is 0.267 e. The Morgan fingerprint density at radius 3 is 2.38 bits per heavy atom. The molecule has 0 aliphatic rings. The first-order valence-electron chi connectivity index (χ1n) is 9.49. The second-order valence-electron chi connectivity index (χ2n) is 7.25. The van der Waals surface area contributed by atoms with Crippen molar-refractivity contribution in [2.75, 3.05) is 13.7 Å². The lowest BCUT2D eigenvalue weighted by Gasteiger charge is -2.25. The van der Waals surface area contributed by atoms with Crippen molar-refractivity contribution in [2.24, 2.45) is 0 Å². The van der Waals surface area contributed by atoms with Crippen molar-refractivity contribution in [3.05, 3.63) is 82.6 Å². The molecule has 1 amide bonds. The Balaban J connectivity index is 1.72. The Morgan fingerprint density at radius 2 is 1.72 bits per heavy atom. The first-order valence-corrected chi connectivity index (χ1v) is 9.49. The van der Waals surface area contributed by atoms with Crippen LogP contribution in [0.3, 0.4) is 0 Å². The molecule has 0 bridgehead atoms. The number of aromatic nitrogens is 2. The van der Waals surface area contributed by atoms with Crippen LogP contribution in [0.2, 0.25) is 0 Å². The molecule has 0 atom stereocenters. The highest BCUT2D eigenvalue weighted by atomic mass is 16.5. The third-order valence-corrected chi connectivity index (χ3v) is 4.81. The van der Waals surface area contributed by atoms with Crippen LogP contribution in [0.25, 0.3) is 11.3 Å². The molecule has 0 aliphatic heterocycles. The number of hydrogen-bond donors (Lipinski definition) is 1. The largest absolute Gasteiger partial charge is 0.497 e. The number of nitrogens with one attached hydrogen (secondary N) is 1. The molecule has 2 aromatic carbocycles. The van der Waals surface area contributed by atoms with E-state index in [0.29, 0.717) is 18.7 Å². The first-order chi connectivity index (χ1) is 13.9. The van der Waals surface area contributed by atoms with Crippen LogP contribution < -0.4 is 15.6 Å². The van der Waals surface area contributed by atoms with Crippen LogP contribution in [-0.2, 0) is 16.8 Å². The first kappa shape index (κ1) is 20.3. The monoisotopic (exact) mass is 391 g/mol. The van der Waals surface area contributed by atoms with Gasteiger partial charge in [-0.1, -0.05) is 42.5 Å². The smallest absolute Gasteiger partial charge is 0.267 e. The van der Waals surface area contributed by atoms with Gasteiger partial charge in [-0.25, -0.2) is 4.68 Å². The average Bonchev–Trinajstić information content (AvgIpc) is 2.75. The van der Waals surface area contributed by atoms with Crippen LogP contribution in [0.4, 0.5) is 0 Å². The van der Waals surface area contributed by atoms with Gasteiger partial charge in [-0.2, -0.15) is 5.10 Å². The zero-order valence-electron chi connectivity index (χ0n) is 16.9. The molecule has 3 rings (SSSR count). The van der Waals surface area contributed by atoms with E-state index in [1.54, 1.807) is 27.0 Å². The third-order valence-electron chi connectivity index (χ3n) is 4.81. The molecule has 0 aliphatic carbocycles. The highest BCUT2D eigenvalue weighted by Crippen LogP contribution is 2.18. The van der Waals surface area contributed by atoms with Gasteiger partial charge in [-0.3, -0.25) is 9.59 Å². The van der Waals surface area contributed by atoms with E-state index in [9.17, 15) is 9.59 Å². The number of rotatable bonds is 7. The quantitative estimate of drug-likeness (QED) is 0.672. The van der Waals surface area contributed by atoms with Gasteiger partial charge in [0, 0.05) is 18.2 Å². The third kappa shape index (κ3) is 4.71. The molecule has 1 N–H and O–H groups in total. The Labute approximate surface area is 170 Å². The molecule has 0 spiro atoms. The number of nitrogens with zero attached hydrogens (tertiary/aromatic N) is 2. The van der Waals surface area contributed by atoms with E-state index in [1.165, 1.54) is 10.7 Å². The molecule has 0 radical (unpaired) electrons. The Hall–Kier alpha value is -3.41. The Morgan fingerprint density at radius 1 is 1.03 bits per heavy atom. The number of hydrogen-bond acceptors (Lipinski definition) is 4. The molecule has 1 heterocycles. The van der Waals surface area contributed by atoms with E-state index < -0.39 is 5.54 Å². The fourth-order valence-electron chi connectivity index (χ4n) is 3.00. The second kappa shape index (κ2) is 8.73. The zero-order valence-corrected chi connectivity index (χ0v) is 16.9. The van der Waals surface area contributed by atoms with Gasteiger partial charge in [0.1, 0.15) is 11.3 Å². The summed E-state index contributed by atoms with van der Waals surface area (Å²) in [6.45, 7) is 3.85. The van der Waals surface area contributed by atoms with Crippen molar-refractivity contribution in [1.82, 2.24) is 15.1 Å². The predicted octanol–water partition coefficient (Wildman–Crippen LogP) is 3.01. The molecular weight excluding hydrogens is 366 g/mol. The highest BCUT2D eigenvalue weighted by molar-refractivity contribution is 5.83. The number of methoxy groups -OCH3 is 1. The fourth-order valence-corrected chi connectivity index (χ4v) is 3.00. The van der Waals surface area contributed by atoms with Crippen molar-refractivity contribution >= 4 is 5.91 Å². The molecule has 6 heteroatoms. The van der Waals surface area contributed by atoms with E-state index in [4.69, 9.17) is 4.74 Å². The van der Waals surface area contributed by atoms with Crippen molar-refractivity contribution in [3.8, 4) is 17.0 Å². The molecular formula is C23H25N3O3. The second-order valence-corrected chi connectivity index (χ2v) is 7.25. The van der Waals surface area contributed by atoms with Crippen LogP contribution in [0, 0.1) is 0 Å². The average molecular weight is 391 g/mol. The molecule has 3 aromatic rings. The molecule has 1 aromatic heterocycles. The van der Waals surface area contributed by atoms with Gasteiger partial charge in [-0.15, -0.1) is 0 Å². The summed E-state index contributed by atoms with van der Waals surface area (Å²) in [5, 5.41) is 7.37. The van der Waals surface area contributed by atoms with E-state index in [-0.39, 0.29) is 11.5 Å². The van der Waals surface area contributed by atoms with E-state index >= 15 is 0 Å². The summed E-state index contributed by atoms with van der Waals surface area (Å²) in [6.07, 6.45) is 0.679. The number of benzene rings is 2. The maximum atomic E-state index is 12.8. The molecule has 6 nitrogen and oxygen atoms in total. The number of carbonyl (C=O) groups is 1. The molecule has 0 fully saturated rings. The van der Waals surface area contributed by atoms with Crippen LogP contribution in [0.5, 0.6) is 5.75 Å². The molecule has 0 saturated heterocycles. The van der Waals surface area contributed by atoms with Crippen LogP contribution in [0.15, 0.2) is 71.5 Å². The zero-order chi connectivity index (χ0) is 20.9.